The Morgan fingerprint density at radius 1 is 0.646 bits per heavy atom. The van der Waals surface area contributed by atoms with E-state index < -0.39 is 48.3 Å². The van der Waals surface area contributed by atoms with Crippen molar-refractivity contribution < 1.29 is 57.1 Å². The second-order valence-electron chi connectivity index (χ2n) is 11.0. The number of benzene rings is 2. The number of esters is 4. The molecule has 2 fully saturated rings. The van der Waals surface area contributed by atoms with Crippen LogP contribution in [0.25, 0.3) is 12.2 Å². The normalized spacial score (nSPS) is 19.8. The van der Waals surface area contributed by atoms with Gasteiger partial charge >= 0.3 is 23.9 Å². The Labute approximate surface area is 278 Å². The molecule has 0 saturated carbocycles. The summed E-state index contributed by atoms with van der Waals surface area (Å²) in [5.74, 6) is -1.19. The van der Waals surface area contributed by atoms with Crippen LogP contribution in [0, 0.1) is 27.7 Å². The standard InChI is InChI=1S/C36H38O12/c1-7-29(37)43-19-45-33-21(3)13-25(14-22(33)4)9-11-31(39)47-27-17-41-36-28(18-42-35(27)36)48-32(40)12-10-26-15-23(5)34(24(6)16-26)46-20-44-30(38)8-2/h7-16,27-28,35-36H,1-2,17-20H2,3-6H3/b11-9+,12-10+. The van der Waals surface area contributed by atoms with Crippen LogP contribution in [0.1, 0.15) is 33.4 Å². The molecule has 4 rings (SSSR count). The molecule has 0 amide bonds. The van der Waals surface area contributed by atoms with Gasteiger partial charge in [0.2, 0.25) is 13.6 Å². The van der Waals surface area contributed by atoms with Crippen molar-refractivity contribution in [1.82, 2.24) is 0 Å². The molecule has 2 saturated heterocycles. The molecule has 4 atom stereocenters. The largest absolute Gasteiger partial charge is 0.457 e. The van der Waals surface area contributed by atoms with Gasteiger partial charge in [0.25, 0.3) is 0 Å². The van der Waals surface area contributed by atoms with E-state index in [-0.39, 0.29) is 26.8 Å². The van der Waals surface area contributed by atoms with E-state index in [4.69, 9.17) is 37.9 Å². The first-order valence-corrected chi connectivity index (χ1v) is 15.1. The number of rotatable bonds is 14. The lowest BCUT2D eigenvalue weighted by Gasteiger charge is -2.16. The Hall–Kier alpha value is -5.20. The number of carbonyl (C=O) groups is 4. The Balaban J connectivity index is 1.26. The zero-order valence-corrected chi connectivity index (χ0v) is 27.2. The van der Waals surface area contributed by atoms with Crippen molar-refractivity contribution >= 4 is 36.0 Å². The Bertz CT molecular complexity index is 1450. The van der Waals surface area contributed by atoms with Gasteiger partial charge in [0.05, 0.1) is 13.2 Å². The maximum Gasteiger partial charge on any atom is 0.333 e. The first-order chi connectivity index (χ1) is 23.0. The van der Waals surface area contributed by atoms with E-state index in [0.717, 1.165) is 45.5 Å². The predicted molar refractivity (Wildman–Crippen MR) is 173 cm³/mol. The van der Waals surface area contributed by atoms with Gasteiger partial charge in [-0.05, 0) is 97.5 Å². The summed E-state index contributed by atoms with van der Waals surface area (Å²) in [6.45, 7) is 13.7. The number of hydrogen-bond donors (Lipinski definition) is 0. The molecule has 2 heterocycles. The zero-order valence-electron chi connectivity index (χ0n) is 27.2. The van der Waals surface area contributed by atoms with Gasteiger partial charge in [0.1, 0.15) is 23.7 Å². The summed E-state index contributed by atoms with van der Waals surface area (Å²) in [5, 5.41) is 0. The second-order valence-corrected chi connectivity index (χ2v) is 11.0. The average molecular weight is 663 g/mol. The molecular weight excluding hydrogens is 624 g/mol. The molecule has 48 heavy (non-hydrogen) atoms. The van der Waals surface area contributed by atoms with Crippen LogP contribution in [-0.2, 0) is 47.6 Å². The van der Waals surface area contributed by atoms with Crippen molar-refractivity contribution in [3.63, 3.8) is 0 Å². The molecule has 12 heteroatoms. The third-order valence-electron chi connectivity index (χ3n) is 7.43. The summed E-state index contributed by atoms with van der Waals surface area (Å²) in [5.41, 5.74) is 4.65. The SMILES string of the molecule is C=CC(=O)OCOc1c(C)cc(/C=C/C(=O)OC2COC3C(OC(=O)/C=C/c4cc(C)c(OCOC(=O)C=C)c(C)c4)COC23)cc1C. The van der Waals surface area contributed by atoms with Gasteiger partial charge in [-0.25, -0.2) is 19.2 Å². The van der Waals surface area contributed by atoms with Crippen LogP contribution in [0.2, 0.25) is 0 Å². The van der Waals surface area contributed by atoms with Crippen LogP contribution in [0.15, 0.2) is 61.7 Å². The maximum atomic E-state index is 12.6. The van der Waals surface area contributed by atoms with Gasteiger partial charge < -0.3 is 37.9 Å². The number of aryl methyl sites for hydroxylation is 4. The highest BCUT2D eigenvalue weighted by Gasteiger charge is 2.51. The van der Waals surface area contributed by atoms with Crippen LogP contribution in [0.4, 0.5) is 0 Å². The summed E-state index contributed by atoms with van der Waals surface area (Å²) in [6, 6.07) is 7.29. The molecule has 2 aliphatic rings. The molecule has 0 aromatic heterocycles. The van der Waals surface area contributed by atoms with Gasteiger partial charge in [0.15, 0.2) is 12.2 Å². The van der Waals surface area contributed by atoms with E-state index in [0.29, 0.717) is 11.5 Å². The lowest BCUT2D eigenvalue weighted by Crippen LogP contribution is -2.35. The highest BCUT2D eigenvalue weighted by molar-refractivity contribution is 5.88. The minimum absolute atomic E-state index is 0.0965. The van der Waals surface area contributed by atoms with E-state index in [9.17, 15) is 19.2 Å². The Kier molecular flexibility index (Phi) is 12.3. The first-order valence-electron chi connectivity index (χ1n) is 15.1. The molecule has 12 nitrogen and oxygen atoms in total. The first kappa shape index (κ1) is 35.7. The van der Waals surface area contributed by atoms with E-state index in [1.807, 2.05) is 52.0 Å². The molecule has 2 aliphatic heterocycles. The van der Waals surface area contributed by atoms with Crippen molar-refractivity contribution in [3.05, 3.63) is 95.1 Å². The van der Waals surface area contributed by atoms with E-state index in [1.165, 1.54) is 12.2 Å². The number of hydrogen-bond acceptors (Lipinski definition) is 12. The monoisotopic (exact) mass is 662 g/mol. The summed E-state index contributed by atoms with van der Waals surface area (Å²) in [6.07, 6.45) is 5.47. The highest BCUT2D eigenvalue weighted by atomic mass is 16.7. The fourth-order valence-corrected chi connectivity index (χ4v) is 5.36. The quantitative estimate of drug-likeness (QED) is 0.123. The van der Waals surface area contributed by atoms with E-state index in [1.54, 1.807) is 12.2 Å². The molecule has 0 bridgehead atoms. The molecular formula is C36H38O12. The van der Waals surface area contributed by atoms with Gasteiger partial charge in [-0.1, -0.05) is 13.2 Å². The fourth-order valence-electron chi connectivity index (χ4n) is 5.36. The van der Waals surface area contributed by atoms with Crippen LogP contribution >= 0.6 is 0 Å². The van der Waals surface area contributed by atoms with Crippen LogP contribution in [-0.4, -0.2) is 75.1 Å². The minimum Gasteiger partial charge on any atom is -0.457 e. The molecule has 0 spiro atoms. The number of carbonyl (C=O) groups excluding carboxylic acids is 4. The predicted octanol–water partition coefficient (Wildman–Crippen LogP) is 4.40. The van der Waals surface area contributed by atoms with Gasteiger partial charge in [0, 0.05) is 24.3 Å². The average Bonchev–Trinajstić information content (AvgIpc) is 3.64. The van der Waals surface area contributed by atoms with Crippen LogP contribution in [0.5, 0.6) is 11.5 Å². The summed E-state index contributed by atoms with van der Waals surface area (Å²) >= 11 is 0. The Morgan fingerprint density at radius 3 is 1.33 bits per heavy atom. The molecule has 0 radical (unpaired) electrons. The topological polar surface area (TPSA) is 142 Å². The lowest BCUT2D eigenvalue weighted by molar-refractivity contribution is -0.149. The third kappa shape index (κ3) is 9.43. The molecule has 2 aromatic rings. The second kappa shape index (κ2) is 16.6. The highest BCUT2D eigenvalue weighted by Crippen LogP contribution is 2.31. The lowest BCUT2D eigenvalue weighted by atomic mass is 10.1. The molecule has 0 aliphatic carbocycles. The van der Waals surface area contributed by atoms with E-state index >= 15 is 0 Å². The summed E-state index contributed by atoms with van der Waals surface area (Å²) < 4.78 is 43.7. The van der Waals surface area contributed by atoms with Gasteiger partial charge in [-0.3, -0.25) is 0 Å². The van der Waals surface area contributed by atoms with Crippen molar-refractivity contribution in [1.29, 1.82) is 0 Å². The summed E-state index contributed by atoms with van der Waals surface area (Å²) in [7, 11) is 0. The molecule has 4 unspecified atom stereocenters. The third-order valence-corrected chi connectivity index (χ3v) is 7.43. The van der Waals surface area contributed by atoms with Gasteiger partial charge in [-0.2, -0.15) is 0 Å². The van der Waals surface area contributed by atoms with Crippen molar-refractivity contribution in [2.24, 2.45) is 0 Å². The summed E-state index contributed by atoms with van der Waals surface area (Å²) in [4.78, 5) is 47.7. The smallest absolute Gasteiger partial charge is 0.333 e. The van der Waals surface area contributed by atoms with Crippen molar-refractivity contribution in [2.75, 3.05) is 26.8 Å². The zero-order chi connectivity index (χ0) is 34.8. The van der Waals surface area contributed by atoms with Crippen molar-refractivity contribution in [2.45, 2.75) is 52.1 Å². The fraction of sp³-hybridized carbons (Fsp3) is 0.333. The number of fused-ring (bicyclic) bond motifs is 1. The molecule has 2 aromatic carbocycles. The minimum atomic E-state index is -0.670. The van der Waals surface area contributed by atoms with E-state index in [2.05, 4.69) is 13.2 Å². The van der Waals surface area contributed by atoms with Crippen LogP contribution < -0.4 is 9.47 Å². The van der Waals surface area contributed by atoms with Gasteiger partial charge in [-0.15, -0.1) is 0 Å². The van der Waals surface area contributed by atoms with Crippen LogP contribution in [0.3, 0.4) is 0 Å². The maximum absolute atomic E-state index is 12.6. The van der Waals surface area contributed by atoms with Crippen molar-refractivity contribution in [3.8, 4) is 11.5 Å². The molecule has 254 valence electrons. The number of ether oxygens (including phenoxy) is 8. The molecule has 0 N–H and O–H groups in total. The Morgan fingerprint density at radius 2 is 1.00 bits per heavy atom.